The van der Waals surface area contributed by atoms with Gasteiger partial charge in [-0.25, -0.2) is 4.52 Å². The summed E-state index contributed by atoms with van der Waals surface area (Å²) in [5.41, 5.74) is 0.311. The number of aromatic nitrogens is 3. The van der Waals surface area contributed by atoms with Gasteiger partial charge in [0.25, 0.3) is 5.56 Å². The maximum absolute atomic E-state index is 12.0. The third kappa shape index (κ3) is 2.13. The van der Waals surface area contributed by atoms with Crippen molar-refractivity contribution in [1.82, 2.24) is 14.2 Å². The van der Waals surface area contributed by atoms with Crippen LogP contribution in [-0.2, 0) is 11.3 Å². The van der Waals surface area contributed by atoms with Gasteiger partial charge in [-0.15, -0.1) is 0 Å². The van der Waals surface area contributed by atoms with Gasteiger partial charge in [0.1, 0.15) is 5.52 Å². The zero-order valence-electron chi connectivity index (χ0n) is 9.96. The van der Waals surface area contributed by atoms with Crippen molar-refractivity contribution in [2.45, 2.75) is 26.8 Å². The molecular formula is C12H15N3O2. The Morgan fingerprint density at radius 3 is 2.94 bits per heavy atom. The zero-order chi connectivity index (χ0) is 12.4. The van der Waals surface area contributed by atoms with E-state index < -0.39 is 0 Å². The highest BCUT2D eigenvalue weighted by atomic mass is 16.1. The molecule has 2 rings (SSSR count). The molecule has 0 bridgehead atoms. The van der Waals surface area contributed by atoms with Gasteiger partial charge in [0, 0.05) is 18.3 Å². The summed E-state index contributed by atoms with van der Waals surface area (Å²) < 4.78 is 2.94. The number of hydrogen-bond donors (Lipinski definition) is 0. The molecule has 90 valence electrons. The standard InChI is InChI=1S/C12H15N3O2/c1-3-9(2)11(16)8-14-6-7-15-10(12(14)17)4-5-13-15/h4-7,9H,3,8H2,1-2H3. The van der Waals surface area contributed by atoms with E-state index in [9.17, 15) is 9.59 Å². The molecule has 5 nitrogen and oxygen atoms in total. The Morgan fingerprint density at radius 2 is 2.24 bits per heavy atom. The third-order valence-corrected chi connectivity index (χ3v) is 3.03. The van der Waals surface area contributed by atoms with E-state index in [-0.39, 0.29) is 23.8 Å². The van der Waals surface area contributed by atoms with E-state index in [4.69, 9.17) is 0 Å². The van der Waals surface area contributed by atoms with Crippen molar-refractivity contribution in [2.75, 3.05) is 0 Å². The first-order chi connectivity index (χ1) is 8.13. The Balaban J connectivity index is 2.33. The third-order valence-electron chi connectivity index (χ3n) is 3.03. The highest BCUT2D eigenvalue weighted by molar-refractivity contribution is 5.80. The van der Waals surface area contributed by atoms with E-state index >= 15 is 0 Å². The van der Waals surface area contributed by atoms with Gasteiger partial charge >= 0.3 is 0 Å². The van der Waals surface area contributed by atoms with E-state index in [1.165, 1.54) is 9.08 Å². The monoisotopic (exact) mass is 233 g/mol. The molecule has 0 aliphatic heterocycles. The smallest absolute Gasteiger partial charge is 0.276 e. The van der Waals surface area contributed by atoms with Crippen LogP contribution in [0.3, 0.4) is 0 Å². The second-order valence-corrected chi connectivity index (χ2v) is 4.17. The summed E-state index contributed by atoms with van der Waals surface area (Å²) in [4.78, 5) is 23.8. The van der Waals surface area contributed by atoms with Crippen LogP contribution in [0.1, 0.15) is 20.3 Å². The van der Waals surface area contributed by atoms with E-state index in [0.717, 1.165) is 6.42 Å². The molecule has 1 unspecified atom stereocenters. The van der Waals surface area contributed by atoms with Crippen LogP contribution in [0.25, 0.3) is 5.52 Å². The summed E-state index contributed by atoms with van der Waals surface area (Å²) in [5, 5.41) is 3.97. The Morgan fingerprint density at radius 1 is 1.47 bits per heavy atom. The van der Waals surface area contributed by atoms with Crippen LogP contribution < -0.4 is 5.56 Å². The number of carbonyl (C=O) groups excluding carboxylic acids is 1. The zero-order valence-corrected chi connectivity index (χ0v) is 9.96. The first kappa shape index (κ1) is 11.6. The first-order valence-electron chi connectivity index (χ1n) is 5.69. The molecule has 0 N–H and O–H groups in total. The Bertz CT molecular complexity index is 597. The number of fused-ring (bicyclic) bond motifs is 1. The average Bonchev–Trinajstić information content (AvgIpc) is 2.80. The van der Waals surface area contributed by atoms with Crippen molar-refractivity contribution in [2.24, 2.45) is 5.92 Å². The van der Waals surface area contributed by atoms with Crippen LogP contribution in [0.5, 0.6) is 0 Å². The van der Waals surface area contributed by atoms with Crippen molar-refractivity contribution in [1.29, 1.82) is 0 Å². The molecule has 0 spiro atoms. The summed E-state index contributed by atoms with van der Waals surface area (Å²) in [5.74, 6) is 0.0708. The summed E-state index contributed by atoms with van der Waals surface area (Å²) in [6, 6.07) is 1.65. The van der Waals surface area contributed by atoms with E-state index in [1.54, 1.807) is 24.7 Å². The Hall–Kier alpha value is -1.91. The number of hydrogen-bond acceptors (Lipinski definition) is 3. The van der Waals surface area contributed by atoms with Crippen molar-refractivity contribution in [3.63, 3.8) is 0 Å². The SMILES string of the molecule is CCC(C)C(=O)Cn1ccn2nccc2c1=O. The van der Waals surface area contributed by atoms with E-state index in [1.807, 2.05) is 13.8 Å². The predicted octanol–water partition coefficient (Wildman–Crippen LogP) is 1.11. The quantitative estimate of drug-likeness (QED) is 0.795. The maximum atomic E-state index is 12.0. The van der Waals surface area contributed by atoms with Crippen molar-refractivity contribution in [3.05, 3.63) is 35.0 Å². The molecule has 0 amide bonds. The molecule has 1 atom stereocenters. The van der Waals surface area contributed by atoms with Crippen molar-refractivity contribution >= 4 is 11.3 Å². The van der Waals surface area contributed by atoms with Gasteiger partial charge in [-0.1, -0.05) is 13.8 Å². The summed E-state index contributed by atoms with van der Waals surface area (Å²) >= 11 is 0. The lowest BCUT2D eigenvalue weighted by Gasteiger charge is -2.09. The first-order valence-corrected chi connectivity index (χ1v) is 5.69. The summed E-state index contributed by atoms with van der Waals surface area (Å²) in [6.07, 6.45) is 5.64. The molecule has 17 heavy (non-hydrogen) atoms. The topological polar surface area (TPSA) is 56.4 Å². The van der Waals surface area contributed by atoms with Crippen molar-refractivity contribution < 1.29 is 4.79 Å². The molecule has 0 fully saturated rings. The minimum absolute atomic E-state index is 0.0111. The lowest BCUT2D eigenvalue weighted by Crippen LogP contribution is -2.27. The van der Waals surface area contributed by atoms with Gasteiger partial charge in [-0.3, -0.25) is 9.59 Å². The molecule has 2 aromatic heterocycles. The van der Waals surface area contributed by atoms with Crippen LogP contribution in [0, 0.1) is 5.92 Å². The Labute approximate surface area is 98.7 Å². The molecule has 0 saturated heterocycles. The number of nitrogens with zero attached hydrogens (tertiary/aromatic N) is 3. The fourth-order valence-corrected chi connectivity index (χ4v) is 1.64. The number of ketones is 1. The van der Waals surface area contributed by atoms with Crippen LogP contribution in [-0.4, -0.2) is 20.0 Å². The minimum Gasteiger partial charge on any atom is -0.305 e. The number of carbonyl (C=O) groups is 1. The van der Waals surface area contributed by atoms with Gasteiger partial charge in [0.15, 0.2) is 5.78 Å². The predicted molar refractivity (Wildman–Crippen MR) is 63.9 cm³/mol. The normalized spacial score (nSPS) is 12.8. The summed E-state index contributed by atoms with van der Waals surface area (Å²) in [6.45, 7) is 3.98. The van der Waals surface area contributed by atoms with Gasteiger partial charge in [0.05, 0.1) is 12.7 Å². The van der Waals surface area contributed by atoms with Crippen molar-refractivity contribution in [3.8, 4) is 0 Å². The second-order valence-electron chi connectivity index (χ2n) is 4.17. The van der Waals surface area contributed by atoms with Gasteiger partial charge in [-0.2, -0.15) is 5.10 Å². The molecule has 0 aliphatic carbocycles. The lowest BCUT2D eigenvalue weighted by atomic mass is 10.0. The molecule has 2 aromatic rings. The number of rotatable bonds is 4. The van der Waals surface area contributed by atoms with Gasteiger partial charge in [-0.05, 0) is 12.5 Å². The summed E-state index contributed by atoms with van der Waals surface area (Å²) in [7, 11) is 0. The Kier molecular flexibility index (Phi) is 3.08. The minimum atomic E-state index is -0.179. The fraction of sp³-hybridized carbons (Fsp3) is 0.417. The largest absolute Gasteiger partial charge is 0.305 e. The fourth-order valence-electron chi connectivity index (χ4n) is 1.64. The maximum Gasteiger partial charge on any atom is 0.276 e. The van der Waals surface area contributed by atoms with Crippen LogP contribution in [0.2, 0.25) is 0 Å². The van der Waals surface area contributed by atoms with Crippen LogP contribution in [0.15, 0.2) is 29.5 Å². The van der Waals surface area contributed by atoms with E-state index in [2.05, 4.69) is 5.10 Å². The van der Waals surface area contributed by atoms with Gasteiger partial charge in [0.2, 0.25) is 0 Å². The molecule has 2 heterocycles. The molecule has 0 saturated carbocycles. The molecule has 0 aliphatic rings. The highest BCUT2D eigenvalue weighted by Gasteiger charge is 2.12. The van der Waals surface area contributed by atoms with Crippen LogP contribution in [0.4, 0.5) is 0 Å². The second kappa shape index (κ2) is 4.53. The molecule has 0 radical (unpaired) electrons. The highest BCUT2D eigenvalue weighted by Crippen LogP contribution is 2.04. The van der Waals surface area contributed by atoms with E-state index in [0.29, 0.717) is 5.52 Å². The number of Topliss-reactive ketones (excluding diaryl/α,β-unsaturated/α-hetero) is 1. The van der Waals surface area contributed by atoms with Crippen LogP contribution >= 0.6 is 0 Å². The van der Waals surface area contributed by atoms with Gasteiger partial charge < -0.3 is 4.57 Å². The molecule has 0 aromatic carbocycles. The molecular weight excluding hydrogens is 218 g/mol. The lowest BCUT2D eigenvalue weighted by molar-refractivity contribution is -0.123. The molecule has 5 heteroatoms. The average molecular weight is 233 g/mol.